The average Bonchev–Trinajstić information content (AvgIpc) is 2.89. The summed E-state index contributed by atoms with van der Waals surface area (Å²) in [5.41, 5.74) is 7.12. The Morgan fingerprint density at radius 3 is 3.00 bits per heavy atom. The molecular weight excluding hydrogens is 314 g/mol. The normalized spacial score (nSPS) is 18.8. The number of hydrazine groups is 1. The van der Waals surface area contributed by atoms with E-state index in [1.165, 1.54) is 16.7 Å². The molecule has 0 bridgehead atoms. The molecule has 1 heterocycles. The van der Waals surface area contributed by atoms with Crippen molar-refractivity contribution in [1.82, 2.24) is 10.4 Å². The van der Waals surface area contributed by atoms with E-state index in [9.17, 15) is 0 Å². The molecule has 2 atom stereocenters. The third-order valence-corrected chi connectivity index (χ3v) is 4.53. The van der Waals surface area contributed by atoms with Crippen LogP contribution in [0.4, 0.5) is 0 Å². The molecule has 1 aromatic carbocycles. The summed E-state index contributed by atoms with van der Waals surface area (Å²) < 4.78 is 1.01. The van der Waals surface area contributed by atoms with Crippen LogP contribution in [0.1, 0.15) is 29.0 Å². The summed E-state index contributed by atoms with van der Waals surface area (Å²) in [4.78, 5) is 4.23. The number of nitrogens with zero attached hydrogens (tertiary/aromatic N) is 1. The fraction of sp³-hybridized carbons (Fsp3) is 0.312. The summed E-state index contributed by atoms with van der Waals surface area (Å²) in [6.45, 7) is 0. The molecule has 0 fully saturated rings. The zero-order valence-corrected chi connectivity index (χ0v) is 12.8. The first kappa shape index (κ1) is 13.7. The van der Waals surface area contributed by atoms with Gasteiger partial charge in [-0.25, -0.2) is 0 Å². The zero-order chi connectivity index (χ0) is 13.9. The number of nitrogens with two attached hydrogens (primary N) is 1. The molecule has 0 saturated heterocycles. The Bertz CT molecular complexity index is 600. The van der Waals surface area contributed by atoms with E-state index < -0.39 is 0 Å². The second-order valence-corrected chi connectivity index (χ2v) is 6.25. The Kier molecular flexibility index (Phi) is 4.15. The highest BCUT2D eigenvalue weighted by molar-refractivity contribution is 9.10. The SMILES string of the molecule is NNC(Cc1cncc(Br)c1)C1CCc2ccccc21. The molecule has 1 aliphatic rings. The molecular formula is C16H18BrN3. The molecule has 0 amide bonds. The molecule has 3 N–H and O–H groups in total. The molecule has 0 saturated carbocycles. The lowest BCUT2D eigenvalue weighted by molar-refractivity contribution is 0.434. The Morgan fingerprint density at radius 1 is 1.35 bits per heavy atom. The van der Waals surface area contributed by atoms with Crippen LogP contribution in [0.25, 0.3) is 0 Å². The third-order valence-electron chi connectivity index (χ3n) is 4.10. The first-order valence-corrected chi connectivity index (χ1v) is 7.70. The highest BCUT2D eigenvalue weighted by Crippen LogP contribution is 2.36. The number of aryl methyl sites for hydroxylation is 1. The molecule has 2 unspecified atom stereocenters. The molecule has 4 heteroatoms. The number of aromatic nitrogens is 1. The summed E-state index contributed by atoms with van der Waals surface area (Å²) in [5, 5.41) is 0. The van der Waals surface area contributed by atoms with Crippen LogP contribution in [0.3, 0.4) is 0 Å². The van der Waals surface area contributed by atoms with Crippen molar-refractivity contribution >= 4 is 15.9 Å². The summed E-state index contributed by atoms with van der Waals surface area (Å²) in [6.07, 6.45) is 6.92. The van der Waals surface area contributed by atoms with Gasteiger partial charge < -0.3 is 0 Å². The smallest absolute Gasteiger partial charge is 0.0410 e. The molecule has 104 valence electrons. The number of fused-ring (bicyclic) bond motifs is 1. The molecule has 20 heavy (non-hydrogen) atoms. The van der Waals surface area contributed by atoms with Crippen LogP contribution in [-0.4, -0.2) is 11.0 Å². The van der Waals surface area contributed by atoms with Crippen LogP contribution in [-0.2, 0) is 12.8 Å². The van der Waals surface area contributed by atoms with Gasteiger partial charge in [-0.05, 0) is 57.9 Å². The first-order valence-electron chi connectivity index (χ1n) is 6.91. The molecule has 0 aliphatic heterocycles. The van der Waals surface area contributed by atoms with Crippen molar-refractivity contribution in [2.24, 2.45) is 5.84 Å². The monoisotopic (exact) mass is 331 g/mol. The fourth-order valence-corrected chi connectivity index (χ4v) is 3.56. The maximum atomic E-state index is 5.81. The van der Waals surface area contributed by atoms with E-state index in [0.29, 0.717) is 5.92 Å². The van der Waals surface area contributed by atoms with E-state index in [1.54, 1.807) is 6.20 Å². The topological polar surface area (TPSA) is 50.9 Å². The van der Waals surface area contributed by atoms with Gasteiger partial charge in [0.05, 0.1) is 0 Å². The van der Waals surface area contributed by atoms with E-state index in [-0.39, 0.29) is 6.04 Å². The minimum absolute atomic E-state index is 0.245. The fourth-order valence-electron chi connectivity index (χ4n) is 3.15. The minimum atomic E-state index is 0.245. The van der Waals surface area contributed by atoms with Crippen LogP contribution in [0.2, 0.25) is 0 Å². The number of hydrogen-bond donors (Lipinski definition) is 2. The number of halogens is 1. The number of hydrogen-bond acceptors (Lipinski definition) is 3. The highest BCUT2D eigenvalue weighted by Gasteiger charge is 2.29. The van der Waals surface area contributed by atoms with Crippen molar-refractivity contribution in [2.45, 2.75) is 31.2 Å². The number of nitrogens with one attached hydrogen (secondary N) is 1. The molecule has 1 aliphatic carbocycles. The van der Waals surface area contributed by atoms with E-state index in [0.717, 1.165) is 23.7 Å². The lowest BCUT2D eigenvalue weighted by Gasteiger charge is -2.24. The van der Waals surface area contributed by atoms with Gasteiger partial charge in [-0.15, -0.1) is 0 Å². The van der Waals surface area contributed by atoms with Gasteiger partial charge in [-0.3, -0.25) is 16.3 Å². The summed E-state index contributed by atoms with van der Waals surface area (Å²) in [5.74, 6) is 6.30. The Morgan fingerprint density at radius 2 is 2.20 bits per heavy atom. The van der Waals surface area contributed by atoms with Crippen molar-refractivity contribution in [1.29, 1.82) is 0 Å². The minimum Gasteiger partial charge on any atom is -0.271 e. The summed E-state index contributed by atoms with van der Waals surface area (Å²) >= 11 is 3.47. The summed E-state index contributed by atoms with van der Waals surface area (Å²) in [7, 11) is 0. The second-order valence-electron chi connectivity index (χ2n) is 5.33. The number of pyridine rings is 1. The van der Waals surface area contributed by atoms with Crippen molar-refractivity contribution in [3.05, 3.63) is 63.9 Å². The highest BCUT2D eigenvalue weighted by atomic mass is 79.9. The molecule has 3 nitrogen and oxygen atoms in total. The number of rotatable bonds is 4. The van der Waals surface area contributed by atoms with Gasteiger partial charge in [-0.2, -0.15) is 0 Å². The second kappa shape index (κ2) is 6.04. The van der Waals surface area contributed by atoms with Gasteiger partial charge in [0.25, 0.3) is 0 Å². The van der Waals surface area contributed by atoms with Gasteiger partial charge in [0, 0.05) is 28.8 Å². The van der Waals surface area contributed by atoms with Crippen LogP contribution >= 0.6 is 15.9 Å². The van der Waals surface area contributed by atoms with Crippen molar-refractivity contribution in [3.63, 3.8) is 0 Å². The Labute approximate surface area is 127 Å². The Hall–Kier alpha value is -1.23. The van der Waals surface area contributed by atoms with Gasteiger partial charge in [0.1, 0.15) is 0 Å². The lowest BCUT2D eigenvalue weighted by atomic mass is 9.89. The molecule has 0 spiro atoms. The van der Waals surface area contributed by atoms with E-state index >= 15 is 0 Å². The first-order chi connectivity index (χ1) is 9.78. The summed E-state index contributed by atoms with van der Waals surface area (Å²) in [6, 6.07) is 11.0. The van der Waals surface area contributed by atoms with Crippen molar-refractivity contribution < 1.29 is 0 Å². The van der Waals surface area contributed by atoms with Gasteiger partial charge in [0.2, 0.25) is 0 Å². The van der Waals surface area contributed by atoms with E-state index in [1.807, 2.05) is 6.20 Å². The van der Waals surface area contributed by atoms with E-state index in [2.05, 4.69) is 56.7 Å². The van der Waals surface area contributed by atoms with Crippen LogP contribution in [0, 0.1) is 0 Å². The third kappa shape index (κ3) is 2.77. The molecule has 3 rings (SSSR count). The predicted molar refractivity (Wildman–Crippen MR) is 84.3 cm³/mol. The molecule has 2 aromatic rings. The van der Waals surface area contributed by atoms with Gasteiger partial charge >= 0.3 is 0 Å². The van der Waals surface area contributed by atoms with Crippen LogP contribution < -0.4 is 11.3 Å². The largest absolute Gasteiger partial charge is 0.271 e. The Balaban J connectivity index is 1.81. The van der Waals surface area contributed by atoms with E-state index in [4.69, 9.17) is 5.84 Å². The van der Waals surface area contributed by atoms with Gasteiger partial charge in [-0.1, -0.05) is 24.3 Å². The number of benzene rings is 1. The van der Waals surface area contributed by atoms with Crippen LogP contribution in [0.15, 0.2) is 47.2 Å². The van der Waals surface area contributed by atoms with Gasteiger partial charge in [0.15, 0.2) is 0 Å². The zero-order valence-electron chi connectivity index (χ0n) is 11.2. The molecule has 0 radical (unpaired) electrons. The quantitative estimate of drug-likeness (QED) is 0.669. The van der Waals surface area contributed by atoms with Crippen molar-refractivity contribution in [2.75, 3.05) is 0 Å². The lowest BCUT2D eigenvalue weighted by Crippen LogP contribution is -2.40. The molecule has 1 aromatic heterocycles. The predicted octanol–water partition coefficient (Wildman–Crippen LogP) is 2.95. The van der Waals surface area contributed by atoms with Crippen LogP contribution in [0.5, 0.6) is 0 Å². The van der Waals surface area contributed by atoms with Crippen molar-refractivity contribution in [3.8, 4) is 0 Å². The standard InChI is InChI=1S/C16H18BrN3/c17-13-7-11(9-19-10-13)8-16(20-18)15-6-5-12-3-1-2-4-14(12)15/h1-4,7,9-10,15-16,20H,5-6,8,18H2. The maximum absolute atomic E-state index is 5.81. The average molecular weight is 332 g/mol. The maximum Gasteiger partial charge on any atom is 0.0410 e.